The van der Waals surface area contributed by atoms with E-state index >= 15 is 0 Å². The van der Waals surface area contributed by atoms with Crippen LogP contribution in [0.15, 0.2) is 5.11 Å². The van der Waals surface area contributed by atoms with Crippen LogP contribution in [0.25, 0.3) is 10.4 Å². The van der Waals surface area contributed by atoms with E-state index in [-0.39, 0.29) is 92.1 Å². The Morgan fingerprint density at radius 2 is 1.16 bits per heavy atom. The topological polar surface area (TPSA) is 197 Å². The zero-order chi connectivity index (χ0) is 32.3. The predicted octanol–water partition coefficient (Wildman–Crippen LogP) is 2.21. The van der Waals surface area contributed by atoms with Crippen LogP contribution >= 0.6 is 0 Å². The third kappa shape index (κ3) is 11.9. The summed E-state index contributed by atoms with van der Waals surface area (Å²) in [6, 6.07) is 0. The average molecular weight is 640 g/mol. The standard InChI is InChI=1S/C24H29F4N5O11/c25-18-17(19(26)21(28)22(20(18)27)31-32-29)23(36)30-3-4-38-5-6-39-7-8-40-9-10-41-11-12-42-13-14-43-24(37)44-33-15(34)1-2-16(33)35/h1-14H2,(H,30,36). The molecule has 0 spiro atoms. The lowest BCUT2D eigenvalue weighted by molar-refractivity contribution is -0.177. The Labute approximate surface area is 246 Å². The molecule has 0 radical (unpaired) electrons. The summed E-state index contributed by atoms with van der Waals surface area (Å²) >= 11 is 0. The zero-order valence-electron chi connectivity index (χ0n) is 23.2. The summed E-state index contributed by atoms with van der Waals surface area (Å²) in [5, 5.41) is 4.97. The number of carbonyl (C=O) groups is 4. The van der Waals surface area contributed by atoms with Gasteiger partial charge in [0.25, 0.3) is 17.7 Å². The lowest BCUT2D eigenvalue weighted by Crippen LogP contribution is -2.32. The van der Waals surface area contributed by atoms with Gasteiger partial charge >= 0.3 is 6.16 Å². The van der Waals surface area contributed by atoms with Crippen LogP contribution in [0.2, 0.25) is 0 Å². The molecule has 1 aromatic carbocycles. The summed E-state index contributed by atoms with van der Waals surface area (Å²) in [5.74, 6) is -10.6. The molecule has 0 aliphatic carbocycles. The van der Waals surface area contributed by atoms with Crippen LogP contribution in [0.5, 0.6) is 0 Å². The summed E-state index contributed by atoms with van der Waals surface area (Å²) in [4.78, 5) is 52.6. The fourth-order valence-corrected chi connectivity index (χ4v) is 3.20. The van der Waals surface area contributed by atoms with Crippen LogP contribution < -0.4 is 5.32 Å². The van der Waals surface area contributed by atoms with Crippen molar-refractivity contribution in [2.45, 2.75) is 12.8 Å². The van der Waals surface area contributed by atoms with Crippen molar-refractivity contribution in [3.05, 3.63) is 39.3 Å². The molecule has 1 aliphatic heterocycles. The second-order valence-corrected chi connectivity index (χ2v) is 8.26. The van der Waals surface area contributed by atoms with Crippen molar-refractivity contribution in [2.75, 3.05) is 79.2 Å². The van der Waals surface area contributed by atoms with Crippen molar-refractivity contribution in [1.29, 1.82) is 0 Å². The molecule has 1 aromatic rings. The van der Waals surface area contributed by atoms with Crippen molar-refractivity contribution < 1.29 is 70.0 Å². The van der Waals surface area contributed by atoms with Crippen molar-refractivity contribution in [2.24, 2.45) is 5.11 Å². The second kappa shape index (κ2) is 20.0. The molecule has 0 saturated carbocycles. The first-order valence-electron chi connectivity index (χ1n) is 13.0. The van der Waals surface area contributed by atoms with E-state index in [2.05, 4.69) is 24.9 Å². The van der Waals surface area contributed by atoms with Gasteiger partial charge < -0.3 is 33.7 Å². The Morgan fingerprint density at radius 1 is 0.727 bits per heavy atom. The number of carbonyl (C=O) groups excluding carboxylic acids is 4. The molecule has 1 saturated heterocycles. The van der Waals surface area contributed by atoms with E-state index < -0.39 is 58.4 Å². The number of amides is 3. The molecule has 1 aliphatic rings. The number of hydroxylamine groups is 2. The van der Waals surface area contributed by atoms with E-state index in [0.717, 1.165) is 0 Å². The van der Waals surface area contributed by atoms with E-state index in [1.165, 1.54) is 0 Å². The summed E-state index contributed by atoms with van der Waals surface area (Å²) in [5.41, 5.74) is 5.21. The van der Waals surface area contributed by atoms with Crippen LogP contribution in [0.3, 0.4) is 0 Å². The predicted molar refractivity (Wildman–Crippen MR) is 135 cm³/mol. The molecule has 1 heterocycles. The number of hydrogen-bond donors (Lipinski definition) is 1. The van der Waals surface area contributed by atoms with E-state index in [4.69, 9.17) is 29.2 Å². The number of nitrogens with one attached hydrogen (secondary N) is 1. The number of halogens is 4. The number of ether oxygens (including phenoxy) is 6. The number of benzene rings is 1. The molecule has 0 aromatic heterocycles. The van der Waals surface area contributed by atoms with Crippen LogP contribution in [0, 0.1) is 23.3 Å². The largest absolute Gasteiger partial charge is 0.534 e. The number of hydrogen-bond acceptors (Lipinski definition) is 12. The van der Waals surface area contributed by atoms with E-state index in [0.29, 0.717) is 5.06 Å². The van der Waals surface area contributed by atoms with Crippen molar-refractivity contribution in [3.8, 4) is 0 Å². The number of azide groups is 1. The van der Waals surface area contributed by atoms with Crippen molar-refractivity contribution >= 4 is 29.6 Å². The van der Waals surface area contributed by atoms with E-state index in [1.54, 1.807) is 0 Å². The average Bonchev–Trinajstić information content (AvgIpc) is 3.31. The van der Waals surface area contributed by atoms with E-state index in [1.807, 2.05) is 0 Å². The van der Waals surface area contributed by atoms with Gasteiger partial charge in [-0.3, -0.25) is 19.2 Å². The second-order valence-electron chi connectivity index (χ2n) is 8.26. The van der Waals surface area contributed by atoms with Gasteiger partial charge in [-0.25, -0.2) is 22.4 Å². The first-order chi connectivity index (χ1) is 21.2. The van der Waals surface area contributed by atoms with Crippen LogP contribution in [0.1, 0.15) is 23.2 Å². The monoisotopic (exact) mass is 639 g/mol. The molecular formula is C24H29F4N5O11. The molecule has 2 rings (SSSR count). The Hall–Kier alpha value is -4.07. The summed E-state index contributed by atoms with van der Waals surface area (Å²) in [6.07, 6.45) is -1.23. The molecule has 0 atom stereocenters. The minimum absolute atomic E-state index is 0.0199. The Balaban J connectivity index is 1.37. The van der Waals surface area contributed by atoms with Crippen LogP contribution in [-0.2, 0) is 42.8 Å². The Kier molecular flexibility index (Phi) is 16.4. The first kappa shape index (κ1) is 36.1. The minimum atomic E-state index is -2.00. The fourth-order valence-electron chi connectivity index (χ4n) is 3.20. The molecule has 16 nitrogen and oxygen atoms in total. The molecule has 20 heteroatoms. The molecule has 244 valence electrons. The maximum absolute atomic E-state index is 14.0. The van der Waals surface area contributed by atoms with Crippen molar-refractivity contribution in [1.82, 2.24) is 10.4 Å². The third-order valence-electron chi connectivity index (χ3n) is 5.25. The molecule has 1 N–H and O–H groups in total. The van der Waals surface area contributed by atoms with Gasteiger partial charge in [-0.05, 0) is 5.53 Å². The van der Waals surface area contributed by atoms with Crippen molar-refractivity contribution in [3.63, 3.8) is 0 Å². The summed E-state index contributed by atoms with van der Waals surface area (Å²) in [7, 11) is 0. The highest BCUT2D eigenvalue weighted by atomic mass is 19.2. The molecule has 0 unspecified atom stereocenters. The molecule has 0 bridgehead atoms. The number of imide groups is 1. The van der Waals surface area contributed by atoms with Gasteiger partial charge in [-0.15, -0.1) is 0 Å². The lowest BCUT2D eigenvalue weighted by atomic mass is 10.1. The minimum Gasteiger partial charge on any atom is -0.430 e. The quantitative estimate of drug-likeness (QED) is 0.0303. The Bertz CT molecular complexity index is 1160. The van der Waals surface area contributed by atoms with E-state index in [9.17, 15) is 36.7 Å². The Morgan fingerprint density at radius 3 is 1.61 bits per heavy atom. The highest BCUT2D eigenvalue weighted by Gasteiger charge is 2.33. The number of rotatable bonds is 21. The SMILES string of the molecule is [N-]=[N+]=Nc1c(F)c(F)c(C(=O)NCCOCCOCCOCCOCCOCCOC(=O)ON2C(=O)CCC2=O)c(F)c1F. The summed E-state index contributed by atoms with van der Waals surface area (Å²) < 4.78 is 86.4. The molecular weight excluding hydrogens is 610 g/mol. The molecule has 1 fully saturated rings. The van der Waals surface area contributed by atoms with Gasteiger partial charge in [0.15, 0.2) is 23.3 Å². The van der Waals surface area contributed by atoms with Gasteiger partial charge in [0.2, 0.25) is 0 Å². The maximum atomic E-state index is 14.0. The van der Waals surface area contributed by atoms with Gasteiger partial charge in [-0.1, -0.05) is 10.2 Å². The van der Waals surface area contributed by atoms with Gasteiger partial charge in [0, 0.05) is 24.3 Å². The third-order valence-corrected chi connectivity index (χ3v) is 5.25. The van der Waals surface area contributed by atoms with Crippen LogP contribution in [-0.4, -0.2) is 108 Å². The first-order valence-corrected chi connectivity index (χ1v) is 13.0. The molecule has 3 amide bonds. The van der Waals surface area contributed by atoms with Gasteiger partial charge in [-0.2, -0.15) is 0 Å². The normalized spacial score (nSPS) is 12.8. The molecule has 44 heavy (non-hydrogen) atoms. The van der Waals surface area contributed by atoms with Gasteiger partial charge in [0.1, 0.15) is 17.9 Å². The maximum Gasteiger partial charge on any atom is 0.534 e. The van der Waals surface area contributed by atoms with Crippen LogP contribution in [0.4, 0.5) is 28.0 Å². The summed E-state index contributed by atoms with van der Waals surface area (Å²) in [6.45, 7) is 1.38. The van der Waals surface area contributed by atoms with Gasteiger partial charge in [0.05, 0.1) is 66.1 Å². The highest BCUT2D eigenvalue weighted by Crippen LogP contribution is 2.30. The highest BCUT2D eigenvalue weighted by molar-refractivity contribution is 6.01. The lowest BCUT2D eigenvalue weighted by Gasteiger charge is -2.12. The fraction of sp³-hybridized carbons (Fsp3) is 0.583. The smallest absolute Gasteiger partial charge is 0.430 e. The zero-order valence-corrected chi connectivity index (χ0v) is 23.2. The number of nitrogens with zero attached hydrogens (tertiary/aromatic N) is 4.